The van der Waals surface area contributed by atoms with Crippen LogP contribution in [0.15, 0.2) is 41.6 Å². The van der Waals surface area contributed by atoms with Crippen molar-refractivity contribution in [2.45, 2.75) is 44.7 Å². The van der Waals surface area contributed by atoms with Crippen LogP contribution in [0.2, 0.25) is 0 Å². The lowest BCUT2D eigenvalue weighted by molar-refractivity contribution is -0.138. The summed E-state index contributed by atoms with van der Waals surface area (Å²) in [5.41, 5.74) is -2.34. The van der Waals surface area contributed by atoms with Crippen LogP contribution in [0.5, 0.6) is 0 Å². The minimum Gasteiger partial charge on any atom is -0.372 e. The number of carbonyl (C=O) groups excluding carboxylic acids is 1. The van der Waals surface area contributed by atoms with Crippen LogP contribution in [-0.2, 0) is 10.9 Å². The molecule has 2 aliphatic rings. The molecule has 0 radical (unpaired) electrons. The smallest absolute Gasteiger partial charge is 0.372 e. The molecule has 0 aliphatic carbocycles. The fourth-order valence-corrected chi connectivity index (χ4v) is 5.41. The maximum Gasteiger partial charge on any atom is 0.417 e. The monoisotopic (exact) mass is 589 g/mol. The highest BCUT2D eigenvalue weighted by molar-refractivity contribution is 6.07. The number of pyridine rings is 1. The normalized spacial score (nSPS) is 21.1. The van der Waals surface area contributed by atoms with Gasteiger partial charge < -0.3 is 30.2 Å². The second-order valence-corrected chi connectivity index (χ2v) is 10.6. The molecule has 2 aliphatic heterocycles. The predicted octanol–water partition coefficient (Wildman–Crippen LogP) is 3.65. The number of nitrogens with one attached hydrogen (secondary N) is 3. The Morgan fingerprint density at radius 3 is 2.38 bits per heavy atom. The fourth-order valence-electron chi connectivity index (χ4n) is 5.41. The van der Waals surface area contributed by atoms with Crippen LogP contribution in [0.3, 0.4) is 0 Å². The van der Waals surface area contributed by atoms with Crippen molar-refractivity contribution in [1.29, 1.82) is 0 Å². The first-order chi connectivity index (χ1) is 19.9. The number of likely N-dealkylation sites (N-methyl/N-ethyl adjacent to an activating group) is 1. The Balaban J connectivity index is 1.51. The van der Waals surface area contributed by atoms with Crippen LogP contribution in [-0.4, -0.2) is 72.3 Å². The number of carbonyl (C=O) groups is 1. The Labute approximate surface area is 239 Å². The third-order valence-corrected chi connectivity index (χ3v) is 7.40. The van der Waals surface area contributed by atoms with Gasteiger partial charge in [0.15, 0.2) is 0 Å². The summed E-state index contributed by atoms with van der Waals surface area (Å²) in [5.74, 6) is -1.26. The molecule has 5 rings (SSSR count). The van der Waals surface area contributed by atoms with Crippen LogP contribution >= 0.6 is 0 Å². The molecule has 3 atom stereocenters. The van der Waals surface area contributed by atoms with Crippen molar-refractivity contribution in [3.63, 3.8) is 0 Å². The Hall–Kier alpha value is -4.04. The number of aromatic nitrogens is 3. The van der Waals surface area contributed by atoms with Gasteiger partial charge in [-0.25, -0.2) is 14.4 Å². The van der Waals surface area contributed by atoms with Crippen molar-refractivity contribution in [2.75, 3.05) is 48.3 Å². The van der Waals surface area contributed by atoms with E-state index in [-0.39, 0.29) is 29.5 Å². The Kier molecular flexibility index (Phi) is 8.19. The van der Waals surface area contributed by atoms with Gasteiger partial charge in [0.05, 0.1) is 34.7 Å². The standard InChI is InChI=1S/C28H31F4N7O3/c1-15-12-39(13-16(2)42-15)27-35-9-17(10-36-27)19-6-23(24(8-22(19)29)38-5-4-18(14-38)33-3)37-26(41)20-11-34-25(40)7-21(20)28(30,31)32/h6-11,15-16,18,33H,4-5,12-14H2,1-3H3,(H,34,40)(H,37,41)/t15-,16+,18-/m1/s1. The molecular weight excluding hydrogens is 558 g/mol. The highest BCUT2D eigenvalue weighted by Crippen LogP contribution is 2.37. The van der Waals surface area contributed by atoms with E-state index >= 15 is 4.39 Å². The minimum absolute atomic E-state index is 0.0124. The number of hydrogen-bond donors (Lipinski definition) is 3. The number of aromatic amines is 1. The van der Waals surface area contributed by atoms with Crippen molar-refractivity contribution in [2.24, 2.45) is 0 Å². The zero-order chi connectivity index (χ0) is 30.2. The molecule has 2 fully saturated rings. The van der Waals surface area contributed by atoms with E-state index in [9.17, 15) is 22.8 Å². The molecule has 0 spiro atoms. The number of ether oxygens (including phenoxy) is 1. The van der Waals surface area contributed by atoms with Crippen molar-refractivity contribution in [3.8, 4) is 11.1 Å². The Morgan fingerprint density at radius 1 is 1.07 bits per heavy atom. The second-order valence-electron chi connectivity index (χ2n) is 10.6. The van der Waals surface area contributed by atoms with Gasteiger partial charge in [0, 0.05) is 68.0 Å². The van der Waals surface area contributed by atoms with Crippen LogP contribution in [0.4, 0.5) is 34.9 Å². The first-order valence-electron chi connectivity index (χ1n) is 13.5. The number of benzene rings is 1. The fraction of sp³-hybridized carbons (Fsp3) is 0.429. The van der Waals surface area contributed by atoms with E-state index in [0.717, 1.165) is 12.6 Å². The van der Waals surface area contributed by atoms with Gasteiger partial charge in [0.1, 0.15) is 5.82 Å². The van der Waals surface area contributed by atoms with E-state index in [4.69, 9.17) is 4.74 Å². The molecule has 4 heterocycles. The zero-order valence-electron chi connectivity index (χ0n) is 23.3. The van der Waals surface area contributed by atoms with Gasteiger partial charge in [-0.15, -0.1) is 0 Å². The topological polar surface area (TPSA) is 115 Å². The van der Waals surface area contributed by atoms with Crippen LogP contribution in [0.25, 0.3) is 11.1 Å². The highest BCUT2D eigenvalue weighted by atomic mass is 19.4. The third kappa shape index (κ3) is 6.23. The maximum atomic E-state index is 15.6. The number of halogens is 4. The van der Waals surface area contributed by atoms with Gasteiger partial charge in [0.25, 0.3) is 5.91 Å². The van der Waals surface area contributed by atoms with Crippen molar-refractivity contribution < 1.29 is 27.1 Å². The molecule has 1 amide bonds. The number of morpholine rings is 1. The van der Waals surface area contributed by atoms with Crippen molar-refractivity contribution >= 4 is 23.2 Å². The maximum absolute atomic E-state index is 15.6. The van der Waals surface area contributed by atoms with E-state index in [1.807, 2.05) is 23.6 Å². The molecule has 3 aromatic rings. The summed E-state index contributed by atoms with van der Waals surface area (Å²) in [6.45, 7) is 6.13. The predicted molar refractivity (Wildman–Crippen MR) is 149 cm³/mol. The first kappa shape index (κ1) is 29.5. The quantitative estimate of drug-likeness (QED) is 0.374. The second kappa shape index (κ2) is 11.7. The number of anilines is 3. The average Bonchev–Trinajstić information content (AvgIpc) is 3.42. The number of amides is 1. The lowest BCUT2D eigenvalue weighted by atomic mass is 10.0. The largest absolute Gasteiger partial charge is 0.417 e. The molecule has 42 heavy (non-hydrogen) atoms. The summed E-state index contributed by atoms with van der Waals surface area (Å²) in [5, 5.41) is 5.68. The Bertz CT molecular complexity index is 1500. The highest BCUT2D eigenvalue weighted by Gasteiger charge is 2.36. The summed E-state index contributed by atoms with van der Waals surface area (Å²) in [6, 6.07) is 3.06. The van der Waals surface area contributed by atoms with E-state index in [0.29, 0.717) is 49.4 Å². The van der Waals surface area contributed by atoms with Crippen LogP contribution < -0.4 is 26.0 Å². The molecule has 2 saturated heterocycles. The molecule has 14 heteroatoms. The minimum atomic E-state index is -4.94. The van der Waals surface area contributed by atoms with Gasteiger partial charge in [-0.2, -0.15) is 13.2 Å². The summed E-state index contributed by atoms with van der Waals surface area (Å²) < 4.78 is 62.3. The van der Waals surface area contributed by atoms with E-state index < -0.39 is 34.6 Å². The number of rotatable bonds is 6. The van der Waals surface area contributed by atoms with Crippen molar-refractivity contribution in [3.05, 3.63) is 64.1 Å². The molecule has 0 bridgehead atoms. The van der Waals surface area contributed by atoms with Crippen LogP contribution in [0, 0.1) is 5.82 Å². The van der Waals surface area contributed by atoms with Gasteiger partial charge >= 0.3 is 6.18 Å². The number of H-pyrrole nitrogens is 1. The molecule has 3 N–H and O–H groups in total. The van der Waals surface area contributed by atoms with Gasteiger partial charge in [-0.05, 0) is 39.4 Å². The summed E-state index contributed by atoms with van der Waals surface area (Å²) in [4.78, 5) is 39.6. The lowest BCUT2D eigenvalue weighted by Gasteiger charge is -2.35. The van der Waals surface area contributed by atoms with Gasteiger partial charge in [-0.3, -0.25) is 9.59 Å². The molecule has 10 nitrogen and oxygen atoms in total. The number of nitrogens with zero attached hydrogens (tertiary/aromatic N) is 4. The number of alkyl halides is 3. The van der Waals surface area contributed by atoms with Crippen molar-refractivity contribution in [1.82, 2.24) is 20.3 Å². The van der Waals surface area contributed by atoms with Gasteiger partial charge in [-0.1, -0.05) is 0 Å². The molecule has 1 aromatic carbocycles. The van der Waals surface area contributed by atoms with Crippen LogP contribution in [0.1, 0.15) is 36.2 Å². The average molecular weight is 590 g/mol. The zero-order valence-corrected chi connectivity index (χ0v) is 23.3. The molecule has 0 saturated carbocycles. The van der Waals surface area contributed by atoms with E-state index in [1.54, 1.807) is 7.05 Å². The Morgan fingerprint density at radius 2 is 1.76 bits per heavy atom. The SMILES string of the molecule is CN[C@@H]1CCN(c2cc(F)c(-c3cnc(N4C[C@@H](C)O[C@@H](C)C4)nc3)cc2NC(=O)c2c[nH]c(=O)cc2C(F)(F)F)C1. The number of hydrogen-bond acceptors (Lipinski definition) is 8. The first-order valence-corrected chi connectivity index (χ1v) is 13.5. The third-order valence-electron chi connectivity index (χ3n) is 7.40. The molecule has 2 aromatic heterocycles. The summed E-state index contributed by atoms with van der Waals surface area (Å²) in [6.07, 6.45) is -0.567. The summed E-state index contributed by atoms with van der Waals surface area (Å²) >= 11 is 0. The lowest BCUT2D eigenvalue weighted by Crippen LogP contribution is -2.46. The summed E-state index contributed by atoms with van der Waals surface area (Å²) in [7, 11) is 1.80. The molecular formula is C28H31F4N7O3. The van der Waals surface area contributed by atoms with E-state index in [2.05, 4.69) is 25.6 Å². The molecule has 224 valence electrons. The van der Waals surface area contributed by atoms with Gasteiger partial charge in [0.2, 0.25) is 11.5 Å². The molecule has 0 unspecified atom stereocenters. The van der Waals surface area contributed by atoms with E-state index in [1.165, 1.54) is 24.5 Å².